The molecule has 3 heteroatoms. The van der Waals surface area contributed by atoms with Gasteiger partial charge in [-0.3, -0.25) is 9.69 Å². The zero-order chi connectivity index (χ0) is 16.6. The largest absolute Gasteiger partial charge is 0.295 e. The van der Waals surface area contributed by atoms with Crippen LogP contribution in [0.25, 0.3) is 0 Å². The minimum atomic E-state index is -0.00202. The lowest BCUT2D eigenvalue weighted by molar-refractivity contribution is 0.0952. The molecule has 22 heavy (non-hydrogen) atoms. The van der Waals surface area contributed by atoms with Crippen LogP contribution in [-0.2, 0) is 0 Å². The molecule has 1 rings (SSSR count). The molecule has 1 aromatic carbocycles. The summed E-state index contributed by atoms with van der Waals surface area (Å²) in [5, 5.41) is 8.86. The van der Waals surface area contributed by atoms with Crippen LogP contribution >= 0.6 is 0 Å². The number of allylic oxidation sites excluding steroid dienone is 1. The van der Waals surface area contributed by atoms with Crippen LogP contribution in [0.4, 0.5) is 0 Å². The SMILES string of the molecule is CN(C/C=C/C#CC(C)(C)C)CC(=O)c1cccc(C#N)c1. The molecule has 0 aliphatic carbocycles. The van der Waals surface area contributed by atoms with Crippen molar-refractivity contribution in [2.45, 2.75) is 20.8 Å². The van der Waals surface area contributed by atoms with Crippen molar-refractivity contribution in [3.63, 3.8) is 0 Å². The van der Waals surface area contributed by atoms with E-state index < -0.39 is 0 Å². The van der Waals surface area contributed by atoms with Gasteiger partial charge in [-0.25, -0.2) is 0 Å². The van der Waals surface area contributed by atoms with E-state index in [9.17, 15) is 4.79 Å². The molecule has 0 atom stereocenters. The van der Waals surface area contributed by atoms with Gasteiger partial charge >= 0.3 is 0 Å². The van der Waals surface area contributed by atoms with Crippen molar-refractivity contribution in [1.29, 1.82) is 5.26 Å². The maximum atomic E-state index is 12.1. The quantitative estimate of drug-likeness (QED) is 0.618. The number of carbonyl (C=O) groups excluding carboxylic acids is 1. The smallest absolute Gasteiger partial charge is 0.176 e. The number of hydrogen-bond acceptors (Lipinski definition) is 3. The number of hydrogen-bond donors (Lipinski definition) is 0. The molecule has 3 nitrogen and oxygen atoms in total. The van der Waals surface area contributed by atoms with Crippen LogP contribution in [-0.4, -0.2) is 30.8 Å². The van der Waals surface area contributed by atoms with Crippen molar-refractivity contribution in [2.24, 2.45) is 5.41 Å². The van der Waals surface area contributed by atoms with Crippen molar-refractivity contribution in [2.75, 3.05) is 20.1 Å². The van der Waals surface area contributed by atoms with Crippen molar-refractivity contribution in [3.8, 4) is 17.9 Å². The van der Waals surface area contributed by atoms with Crippen molar-refractivity contribution in [1.82, 2.24) is 4.90 Å². The second kappa shape index (κ2) is 8.17. The molecule has 0 unspecified atom stereocenters. The summed E-state index contributed by atoms with van der Waals surface area (Å²) < 4.78 is 0. The maximum Gasteiger partial charge on any atom is 0.176 e. The fourth-order valence-corrected chi connectivity index (χ4v) is 1.71. The summed E-state index contributed by atoms with van der Waals surface area (Å²) >= 11 is 0. The molecule has 0 aliphatic rings. The monoisotopic (exact) mass is 294 g/mol. The summed E-state index contributed by atoms with van der Waals surface area (Å²) in [6, 6.07) is 8.83. The topological polar surface area (TPSA) is 44.1 Å². The number of nitrogens with zero attached hydrogens (tertiary/aromatic N) is 2. The molecule has 114 valence electrons. The standard InChI is InChI=1S/C19H22N2O/c1-19(2,3)11-6-5-7-12-21(4)15-18(22)17-10-8-9-16(13-17)14-20/h5,7-10,13H,12,15H2,1-4H3/b7-5+. The normalized spacial score (nSPS) is 11.1. The molecule has 0 N–H and O–H groups in total. The first kappa shape index (κ1) is 17.7. The summed E-state index contributed by atoms with van der Waals surface area (Å²) in [5.41, 5.74) is 1.08. The summed E-state index contributed by atoms with van der Waals surface area (Å²) in [6.07, 6.45) is 3.76. The van der Waals surface area contributed by atoms with Gasteiger partial charge < -0.3 is 0 Å². The van der Waals surface area contributed by atoms with Crippen LogP contribution in [0.3, 0.4) is 0 Å². The van der Waals surface area contributed by atoms with Crippen LogP contribution in [0.2, 0.25) is 0 Å². The Labute approximate surface area is 133 Å². The molecule has 0 aliphatic heterocycles. The third-order valence-corrected chi connectivity index (χ3v) is 2.79. The second-order valence-corrected chi connectivity index (χ2v) is 6.23. The van der Waals surface area contributed by atoms with Crippen LogP contribution in [0.1, 0.15) is 36.7 Å². The molecule has 0 saturated carbocycles. The minimum absolute atomic E-state index is 0.00202. The van der Waals surface area contributed by atoms with Gasteiger partial charge in [0, 0.05) is 17.5 Å². The van der Waals surface area contributed by atoms with Crippen molar-refractivity contribution >= 4 is 5.78 Å². The van der Waals surface area contributed by atoms with E-state index in [1.807, 2.05) is 30.2 Å². The lowest BCUT2D eigenvalue weighted by Gasteiger charge is -2.13. The van der Waals surface area contributed by atoms with Crippen LogP contribution in [0, 0.1) is 28.6 Å². The first-order valence-electron chi connectivity index (χ1n) is 7.21. The van der Waals surface area contributed by atoms with Crippen LogP contribution in [0.5, 0.6) is 0 Å². The fourth-order valence-electron chi connectivity index (χ4n) is 1.71. The highest BCUT2D eigenvalue weighted by molar-refractivity contribution is 5.97. The van der Waals surface area contributed by atoms with E-state index in [0.717, 1.165) is 0 Å². The van der Waals surface area contributed by atoms with Crippen LogP contribution < -0.4 is 0 Å². The molecule has 0 radical (unpaired) electrons. The third kappa shape index (κ3) is 6.88. The predicted octanol–water partition coefficient (Wildman–Crippen LogP) is 3.28. The Hall–Kier alpha value is -2.36. The average Bonchev–Trinajstić information content (AvgIpc) is 2.45. The van der Waals surface area contributed by atoms with E-state index in [4.69, 9.17) is 5.26 Å². The van der Waals surface area contributed by atoms with Gasteiger partial charge in [0.15, 0.2) is 5.78 Å². The predicted molar refractivity (Wildman–Crippen MR) is 89.4 cm³/mol. The highest BCUT2D eigenvalue weighted by Crippen LogP contribution is 2.09. The highest BCUT2D eigenvalue weighted by Gasteiger charge is 2.09. The van der Waals surface area contributed by atoms with E-state index in [1.165, 1.54) is 0 Å². The Bertz CT molecular complexity index is 648. The van der Waals surface area contributed by atoms with E-state index >= 15 is 0 Å². The fraction of sp³-hybridized carbons (Fsp3) is 0.368. The number of carbonyl (C=O) groups is 1. The van der Waals surface area contributed by atoms with Gasteiger partial charge in [0.1, 0.15) is 0 Å². The Morgan fingerprint density at radius 2 is 2.09 bits per heavy atom. The molecule has 0 fully saturated rings. The van der Waals surface area contributed by atoms with Gasteiger partial charge in [0.2, 0.25) is 0 Å². The molecular weight excluding hydrogens is 272 g/mol. The molecule has 1 aromatic rings. The van der Waals surface area contributed by atoms with E-state index in [2.05, 4.69) is 32.6 Å². The summed E-state index contributed by atoms with van der Waals surface area (Å²) in [5.74, 6) is 6.13. The molecule has 0 aromatic heterocycles. The number of rotatable bonds is 5. The number of Topliss-reactive ketones (excluding diaryl/α,β-unsaturated/α-hetero) is 1. The number of likely N-dealkylation sites (N-methyl/N-ethyl adjacent to an activating group) is 1. The minimum Gasteiger partial charge on any atom is -0.295 e. The summed E-state index contributed by atoms with van der Waals surface area (Å²) in [7, 11) is 1.88. The van der Waals surface area contributed by atoms with Crippen molar-refractivity contribution in [3.05, 3.63) is 47.5 Å². The Kier molecular flexibility index (Phi) is 6.57. The van der Waals surface area contributed by atoms with E-state index in [-0.39, 0.29) is 11.2 Å². The molecule has 0 saturated heterocycles. The molecule has 0 spiro atoms. The average molecular weight is 294 g/mol. The Morgan fingerprint density at radius 1 is 1.36 bits per heavy atom. The number of benzene rings is 1. The Balaban J connectivity index is 2.52. The molecular formula is C19H22N2O. The number of ketones is 1. The third-order valence-electron chi connectivity index (χ3n) is 2.79. The first-order chi connectivity index (χ1) is 10.3. The summed E-state index contributed by atoms with van der Waals surface area (Å²) in [4.78, 5) is 14.1. The highest BCUT2D eigenvalue weighted by atomic mass is 16.1. The van der Waals surface area contributed by atoms with Gasteiger partial charge in [-0.2, -0.15) is 5.26 Å². The maximum absolute atomic E-state index is 12.1. The van der Waals surface area contributed by atoms with Gasteiger partial charge in [-0.1, -0.05) is 30.0 Å². The van der Waals surface area contributed by atoms with Gasteiger partial charge in [-0.15, -0.1) is 0 Å². The molecule has 0 amide bonds. The lowest BCUT2D eigenvalue weighted by Crippen LogP contribution is -2.26. The molecule has 0 heterocycles. The lowest BCUT2D eigenvalue weighted by atomic mass is 9.98. The van der Waals surface area contributed by atoms with Crippen LogP contribution in [0.15, 0.2) is 36.4 Å². The van der Waals surface area contributed by atoms with Gasteiger partial charge in [-0.05, 0) is 46.0 Å². The Morgan fingerprint density at radius 3 is 2.73 bits per heavy atom. The zero-order valence-corrected chi connectivity index (χ0v) is 13.7. The van der Waals surface area contributed by atoms with Gasteiger partial charge in [0.25, 0.3) is 0 Å². The second-order valence-electron chi connectivity index (χ2n) is 6.23. The van der Waals surface area contributed by atoms with E-state index in [0.29, 0.717) is 24.2 Å². The zero-order valence-electron chi connectivity index (χ0n) is 13.7. The van der Waals surface area contributed by atoms with E-state index in [1.54, 1.807) is 24.3 Å². The first-order valence-corrected chi connectivity index (χ1v) is 7.21. The van der Waals surface area contributed by atoms with Gasteiger partial charge in [0.05, 0.1) is 18.2 Å². The summed E-state index contributed by atoms with van der Waals surface area (Å²) in [6.45, 7) is 7.16. The van der Waals surface area contributed by atoms with Crippen molar-refractivity contribution < 1.29 is 4.79 Å². The number of nitriles is 1. The molecule has 0 bridgehead atoms.